The normalized spacial score (nSPS) is 8.33. The summed E-state index contributed by atoms with van der Waals surface area (Å²) in [6.45, 7) is 2.88. The molecule has 0 spiro atoms. The number of hydrogen-bond acceptors (Lipinski definition) is 1. The fraction of sp³-hybridized carbons (Fsp3) is 1.00. The van der Waals surface area contributed by atoms with Crippen LogP contribution in [0, 0.1) is 0 Å². The van der Waals surface area contributed by atoms with Crippen LogP contribution in [0.15, 0.2) is 0 Å². The van der Waals surface area contributed by atoms with Gasteiger partial charge in [0.15, 0.2) is 0 Å². The number of hydrogen-bond donors (Lipinski definition) is 0. The van der Waals surface area contributed by atoms with Crippen molar-refractivity contribution in [2.24, 2.45) is 0 Å². The van der Waals surface area contributed by atoms with Crippen molar-refractivity contribution >= 4 is 7.28 Å². The molecule has 0 fully saturated rings. The van der Waals surface area contributed by atoms with Crippen molar-refractivity contribution in [3.63, 3.8) is 0 Å². The van der Waals surface area contributed by atoms with Crippen LogP contribution in [0.1, 0.15) is 6.92 Å². The van der Waals surface area contributed by atoms with Gasteiger partial charge in [0, 0.05) is 13.6 Å². The van der Waals surface area contributed by atoms with Crippen LogP contribution in [0.3, 0.4) is 0 Å². The van der Waals surface area contributed by atoms with Gasteiger partial charge < -0.3 is 4.74 Å². The molecular weight excluding hydrogens is 74.9 g/mol. The molecular formula is C4H10BO. The van der Waals surface area contributed by atoms with Gasteiger partial charge in [-0.05, 0) is 0 Å². The van der Waals surface area contributed by atoms with Gasteiger partial charge in [-0.25, -0.2) is 0 Å². The molecule has 0 atom stereocenters. The van der Waals surface area contributed by atoms with Crippen molar-refractivity contribution in [3.8, 4) is 0 Å². The Labute approximate surface area is 39.9 Å². The van der Waals surface area contributed by atoms with Crippen LogP contribution in [0.5, 0.6) is 0 Å². The highest BCUT2D eigenvalue weighted by atomic mass is 16.5. The summed E-state index contributed by atoms with van der Waals surface area (Å²) in [6.07, 6.45) is 1.10. The predicted molar refractivity (Wildman–Crippen MR) is 28.1 cm³/mol. The van der Waals surface area contributed by atoms with E-state index in [0.29, 0.717) is 0 Å². The second-order valence-electron chi connectivity index (χ2n) is 1.15. The molecule has 0 saturated carbocycles. The first-order chi connectivity index (χ1) is 2.91. The highest BCUT2D eigenvalue weighted by molar-refractivity contribution is 6.34. The average molecular weight is 84.9 g/mol. The van der Waals surface area contributed by atoms with Crippen molar-refractivity contribution in [2.45, 2.75) is 13.2 Å². The van der Waals surface area contributed by atoms with Gasteiger partial charge in [-0.1, -0.05) is 13.2 Å². The Bertz CT molecular complexity index is 19.5. The first-order valence-electron chi connectivity index (χ1n) is 2.22. The van der Waals surface area contributed by atoms with Crippen molar-refractivity contribution in [1.29, 1.82) is 0 Å². The maximum Gasteiger partial charge on any atom is 0.144 e. The number of rotatable bonds is 3. The smallest absolute Gasteiger partial charge is 0.144 e. The molecule has 6 heavy (non-hydrogen) atoms. The summed E-state index contributed by atoms with van der Waals surface area (Å²) >= 11 is 0. The Hall–Kier alpha value is 0.0249. The molecule has 0 aromatic carbocycles. The summed E-state index contributed by atoms with van der Waals surface area (Å²) in [4.78, 5) is 0. The largest absolute Gasteiger partial charge is 0.394 e. The van der Waals surface area contributed by atoms with Crippen LogP contribution in [0.2, 0.25) is 6.32 Å². The zero-order valence-electron chi connectivity index (χ0n) is 4.40. The van der Waals surface area contributed by atoms with Crippen LogP contribution < -0.4 is 0 Å². The molecule has 0 aliphatic heterocycles. The number of ether oxygens (including phenoxy) is 1. The Morgan fingerprint density at radius 2 is 2.33 bits per heavy atom. The molecule has 0 aliphatic carbocycles. The van der Waals surface area contributed by atoms with Gasteiger partial charge in [0.25, 0.3) is 0 Å². The molecule has 0 N–H and O–H groups in total. The van der Waals surface area contributed by atoms with Crippen molar-refractivity contribution in [3.05, 3.63) is 0 Å². The Kier molecular flexibility index (Phi) is 5.05. The molecule has 0 bridgehead atoms. The third-order valence-corrected chi connectivity index (χ3v) is 0.573. The fourth-order valence-electron chi connectivity index (χ4n) is 0.236. The monoisotopic (exact) mass is 85.1 g/mol. The lowest BCUT2D eigenvalue weighted by atomic mass is 9.77. The summed E-state index contributed by atoms with van der Waals surface area (Å²) in [7, 11) is 3.78. The van der Waals surface area contributed by atoms with Gasteiger partial charge in [0.05, 0.1) is 0 Å². The number of methoxy groups -OCH3 is 1. The molecule has 2 heteroatoms. The van der Waals surface area contributed by atoms with Gasteiger partial charge in [-0.2, -0.15) is 0 Å². The molecule has 0 amide bonds. The first kappa shape index (κ1) is 6.02. The zero-order chi connectivity index (χ0) is 4.83. The van der Waals surface area contributed by atoms with E-state index in [1.54, 1.807) is 7.11 Å². The highest BCUT2D eigenvalue weighted by Gasteiger charge is 1.78. The van der Waals surface area contributed by atoms with Crippen LogP contribution in [0.4, 0.5) is 0 Å². The van der Waals surface area contributed by atoms with E-state index in [1.165, 1.54) is 0 Å². The minimum atomic E-state index is 0.788. The van der Waals surface area contributed by atoms with Crippen molar-refractivity contribution in [2.75, 3.05) is 13.6 Å². The fourth-order valence-corrected chi connectivity index (χ4v) is 0.236. The summed E-state index contributed by atoms with van der Waals surface area (Å²) in [6, 6.07) is 0. The summed E-state index contributed by atoms with van der Waals surface area (Å²) < 4.78 is 4.73. The highest BCUT2D eigenvalue weighted by Crippen LogP contribution is 1.71. The van der Waals surface area contributed by atoms with E-state index in [0.717, 1.165) is 12.8 Å². The molecule has 0 saturated heterocycles. The Morgan fingerprint density at radius 1 is 1.67 bits per heavy atom. The summed E-state index contributed by atoms with van der Waals surface area (Å²) in [5.41, 5.74) is 0. The molecule has 0 rings (SSSR count). The van der Waals surface area contributed by atoms with Crippen molar-refractivity contribution in [1.82, 2.24) is 0 Å². The van der Waals surface area contributed by atoms with Gasteiger partial charge in [0.2, 0.25) is 0 Å². The van der Waals surface area contributed by atoms with Crippen LogP contribution >= 0.6 is 0 Å². The van der Waals surface area contributed by atoms with Gasteiger partial charge in [-0.3, -0.25) is 0 Å². The van der Waals surface area contributed by atoms with Gasteiger partial charge in [-0.15, -0.1) is 0 Å². The summed E-state index contributed by atoms with van der Waals surface area (Å²) in [5.74, 6) is 0. The minimum Gasteiger partial charge on any atom is -0.394 e. The van der Waals surface area contributed by atoms with Crippen molar-refractivity contribution < 1.29 is 4.74 Å². The van der Waals surface area contributed by atoms with Crippen LogP contribution in [-0.2, 0) is 4.74 Å². The Morgan fingerprint density at radius 3 is 2.50 bits per heavy atom. The third-order valence-electron chi connectivity index (χ3n) is 0.573. The standard InChI is InChI=1S/C4H10BO/c1-3-5-4-6-2/h3-4H2,1-2H3. The van der Waals surface area contributed by atoms with E-state index < -0.39 is 0 Å². The second-order valence-corrected chi connectivity index (χ2v) is 1.15. The van der Waals surface area contributed by atoms with E-state index in [-0.39, 0.29) is 0 Å². The predicted octanol–water partition coefficient (Wildman–Crippen LogP) is 0.733. The summed E-state index contributed by atoms with van der Waals surface area (Å²) in [5, 5.41) is 0. The van der Waals surface area contributed by atoms with E-state index >= 15 is 0 Å². The molecule has 1 radical (unpaired) electrons. The van der Waals surface area contributed by atoms with E-state index in [4.69, 9.17) is 4.74 Å². The maximum absolute atomic E-state index is 4.73. The molecule has 1 nitrogen and oxygen atoms in total. The van der Waals surface area contributed by atoms with Crippen LogP contribution in [0.25, 0.3) is 0 Å². The van der Waals surface area contributed by atoms with E-state index in [1.807, 2.05) is 0 Å². The molecule has 0 aromatic heterocycles. The lowest BCUT2D eigenvalue weighted by Gasteiger charge is -1.87. The average Bonchev–Trinajstić information content (AvgIpc) is 1.61. The third kappa shape index (κ3) is 4.02. The van der Waals surface area contributed by atoms with E-state index in [9.17, 15) is 0 Å². The topological polar surface area (TPSA) is 9.23 Å². The molecule has 35 valence electrons. The second kappa shape index (κ2) is 5.02. The quantitative estimate of drug-likeness (QED) is 0.362. The molecule has 0 aromatic rings. The molecule has 0 unspecified atom stereocenters. The minimum absolute atomic E-state index is 0.788. The molecule has 0 aliphatic rings. The molecule has 0 heterocycles. The SMILES string of the molecule is CC[B]COC. The van der Waals surface area contributed by atoms with E-state index in [2.05, 4.69) is 14.2 Å². The lowest BCUT2D eigenvalue weighted by molar-refractivity contribution is 0.251. The van der Waals surface area contributed by atoms with Crippen LogP contribution in [-0.4, -0.2) is 20.9 Å². The first-order valence-corrected chi connectivity index (χ1v) is 2.22. The lowest BCUT2D eigenvalue weighted by Crippen LogP contribution is -1.96. The Balaban J connectivity index is 2.34. The zero-order valence-corrected chi connectivity index (χ0v) is 4.40. The maximum atomic E-state index is 4.73. The van der Waals surface area contributed by atoms with Gasteiger partial charge >= 0.3 is 0 Å². The van der Waals surface area contributed by atoms with Gasteiger partial charge in [0.1, 0.15) is 7.28 Å².